The van der Waals surface area contributed by atoms with Crippen LogP contribution in [-0.2, 0) is 0 Å². The van der Waals surface area contributed by atoms with Crippen molar-refractivity contribution in [3.05, 3.63) is 23.8 Å². The summed E-state index contributed by atoms with van der Waals surface area (Å²) in [5, 5.41) is 15.3. The number of anilines is 1. The molecule has 0 radical (unpaired) electrons. The number of carbonyl (C=O) groups excluding carboxylic acids is 1. The van der Waals surface area contributed by atoms with E-state index < -0.39 is 18.2 Å². The number of carbonyl (C=O) groups is 1. The third-order valence-electron chi connectivity index (χ3n) is 3.97. The van der Waals surface area contributed by atoms with Gasteiger partial charge < -0.3 is 20.5 Å². The monoisotopic (exact) mass is 330 g/mol. The number of halogens is 2. The molecular formula is C16H24F2N2O3. The Kier molecular flexibility index (Phi) is 6.75. The smallest absolute Gasteiger partial charge is 0.387 e. The molecule has 2 unspecified atom stereocenters. The molecule has 0 fully saturated rings. The van der Waals surface area contributed by atoms with Crippen molar-refractivity contribution in [1.82, 2.24) is 5.32 Å². The molecule has 7 heteroatoms. The summed E-state index contributed by atoms with van der Waals surface area (Å²) < 4.78 is 29.2. The summed E-state index contributed by atoms with van der Waals surface area (Å²) in [7, 11) is 0. The number of urea groups is 1. The molecular weight excluding hydrogens is 306 g/mol. The quantitative estimate of drug-likeness (QED) is 0.716. The molecule has 1 rings (SSSR count). The van der Waals surface area contributed by atoms with Crippen LogP contribution in [0.3, 0.4) is 0 Å². The number of aliphatic hydroxyl groups is 1. The fourth-order valence-corrected chi connectivity index (χ4v) is 2.03. The highest BCUT2D eigenvalue weighted by Gasteiger charge is 2.27. The minimum absolute atomic E-state index is 0.000936. The zero-order valence-corrected chi connectivity index (χ0v) is 13.8. The van der Waals surface area contributed by atoms with E-state index in [2.05, 4.69) is 15.4 Å². The van der Waals surface area contributed by atoms with Gasteiger partial charge in [-0.05, 0) is 31.4 Å². The highest BCUT2D eigenvalue weighted by molar-refractivity contribution is 5.92. The lowest BCUT2D eigenvalue weighted by molar-refractivity contribution is -0.0493. The minimum Gasteiger partial charge on any atom is -0.433 e. The predicted octanol–water partition coefficient (Wildman–Crippen LogP) is 3.52. The van der Waals surface area contributed by atoms with Gasteiger partial charge in [-0.2, -0.15) is 8.78 Å². The second kappa shape index (κ2) is 8.10. The zero-order valence-electron chi connectivity index (χ0n) is 13.8. The van der Waals surface area contributed by atoms with E-state index in [0.29, 0.717) is 5.56 Å². The number of amides is 2. The molecule has 1 aromatic carbocycles. The average molecular weight is 330 g/mol. The van der Waals surface area contributed by atoms with Crippen molar-refractivity contribution in [1.29, 1.82) is 0 Å². The van der Waals surface area contributed by atoms with E-state index in [1.165, 1.54) is 6.07 Å². The zero-order chi connectivity index (χ0) is 17.6. The standard InChI is InChI=1S/C16H24F2N2O3/c1-5-11(3)16(4,22)9-19-15(21)20-13-10(2)7-6-8-12(13)23-14(17)18/h6-8,11,14,22H,5,9H2,1-4H3,(H2,19,20,21). The van der Waals surface area contributed by atoms with Crippen LogP contribution in [0.5, 0.6) is 5.75 Å². The first-order valence-electron chi connectivity index (χ1n) is 7.49. The predicted molar refractivity (Wildman–Crippen MR) is 84.9 cm³/mol. The SMILES string of the molecule is CCC(C)C(C)(O)CNC(=O)Nc1c(C)cccc1OC(F)F. The molecule has 0 saturated heterocycles. The topological polar surface area (TPSA) is 70.6 Å². The molecule has 5 nitrogen and oxygen atoms in total. The Morgan fingerprint density at radius 1 is 1.43 bits per heavy atom. The lowest BCUT2D eigenvalue weighted by Crippen LogP contribution is -2.46. The summed E-state index contributed by atoms with van der Waals surface area (Å²) in [6, 6.07) is 3.99. The first kappa shape index (κ1) is 19.2. The van der Waals surface area contributed by atoms with Gasteiger partial charge in [0.15, 0.2) is 0 Å². The van der Waals surface area contributed by atoms with Crippen molar-refractivity contribution in [2.24, 2.45) is 5.92 Å². The largest absolute Gasteiger partial charge is 0.433 e. The van der Waals surface area contributed by atoms with Crippen LogP contribution in [0.4, 0.5) is 19.3 Å². The van der Waals surface area contributed by atoms with Crippen LogP contribution in [0.1, 0.15) is 32.8 Å². The minimum atomic E-state index is -2.98. The summed E-state index contributed by atoms with van der Waals surface area (Å²) in [4.78, 5) is 12.0. The van der Waals surface area contributed by atoms with E-state index in [1.54, 1.807) is 26.0 Å². The van der Waals surface area contributed by atoms with E-state index in [1.807, 2.05) is 13.8 Å². The van der Waals surface area contributed by atoms with Crippen LogP contribution in [0.15, 0.2) is 18.2 Å². The van der Waals surface area contributed by atoms with Crippen molar-refractivity contribution in [2.75, 3.05) is 11.9 Å². The Balaban J connectivity index is 2.75. The van der Waals surface area contributed by atoms with Crippen molar-refractivity contribution < 1.29 is 23.4 Å². The molecule has 2 amide bonds. The molecule has 2 atom stereocenters. The Morgan fingerprint density at radius 3 is 2.65 bits per heavy atom. The first-order valence-corrected chi connectivity index (χ1v) is 7.49. The second-order valence-electron chi connectivity index (χ2n) is 5.80. The highest BCUT2D eigenvalue weighted by Crippen LogP contribution is 2.29. The fraction of sp³-hybridized carbons (Fsp3) is 0.562. The first-order chi connectivity index (χ1) is 10.7. The molecule has 3 N–H and O–H groups in total. The van der Waals surface area contributed by atoms with Crippen molar-refractivity contribution in [2.45, 2.75) is 46.3 Å². The summed E-state index contributed by atoms with van der Waals surface area (Å²) >= 11 is 0. The van der Waals surface area contributed by atoms with Gasteiger partial charge in [-0.25, -0.2) is 4.79 Å². The molecule has 0 aromatic heterocycles. The third-order valence-corrected chi connectivity index (χ3v) is 3.97. The third kappa shape index (κ3) is 5.67. The molecule has 0 aliphatic heterocycles. The van der Waals surface area contributed by atoms with E-state index in [0.717, 1.165) is 6.42 Å². The summed E-state index contributed by atoms with van der Waals surface area (Å²) in [6.07, 6.45) is 0.764. The van der Waals surface area contributed by atoms with Gasteiger partial charge in [0.05, 0.1) is 11.3 Å². The number of hydrogen-bond donors (Lipinski definition) is 3. The number of nitrogens with one attached hydrogen (secondary N) is 2. The molecule has 0 aliphatic carbocycles. The Morgan fingerprint density at radius 2 is 2.09 bits per heavy atom. The maximum absolute atomic E-state index is 12.4. The van der Waals surface area contributed by atoms with E-state index in [4.69, 9.17) is 0 Å². The number of benzene rings is 1. The van der Waals surface area contributed by atoms with Crippen LogP contribution >= 0.6 is 0 Å². The number of alkyl halides is 2. The van der Waals surface area contributed by atoms with E-state index in [-0.39, 0.29) is 23.9 Å². The number of ether oxygens (including phenoxy) is 1. The molecule has 130 valence electrons. The van der Waals surface area contributed by atoms with Crippen LogP contribution in [0.2, 0.25) is 0 Å². The van der Waals surface area contributed by atoms with Crippen LogP contribution in [0.25, 0.3) is 0 Å². The molecule has 0 heterocycles. The average Bonchev–Trinajstić information content (AvgIpc) is 2.47. The van der Waals surface area contributed by atoms with Crippen molar-refractivity contribution in [3.8, 4) is 5.75 Å². The van der Waals surface area contributed by atoms with Crippen LogP contribution in [-0.4, -0.2) is 29.9 Å². The fourth-order valence-electron chi connectivity index (χ4n) is 2.03. The summed E-state index contributed by atoms with van der Waals surface area (Å²) in [5.74, 6) is -0.108. The van der Waals surface area contributed by atoms with Gasteiger partial charge in [-0.15, -0.1) is 0 Å². The molecule has 0 spiro atoms. The van der Waals surface area contributed by atoms with Gasteiger partial charge in [0.1, 0.15) is 5.75 Å². The van der Waals surface area contributed by atoms with Gasteiger partial charge >= 0.3 is 12.6 Å². The lowest BCUT2D eigenvalue weighted by Gasteiger charge is -2.29. The number of hydrogen-bond acceptors (Lipinski definition) is 3. The van der Waals surface area contributed by atoms with Crippen LogP contribution in [0, 0.1) is 12.8 Å². The highest BCUT2D eigenvalue weighted by atomic mass is 19.3. The Labute approximate surface area is 135 Å². The Hall–Kier alpha value is -1.89. The number of aryl methyl sites for hydroxylation is 1. The van der Waals surface area contributed by atoms with Gasteiger partial charge in [-0.3, -0.25) is 0 Å². The van der Waals surface area contributed by atoms with Crippen molar-refractivity contribution in [3.63, 3.8) is 0 Å². The maximum Gasteiger partial charge on any atom is 0.387 e. The summed E-state index contributed by atoms with van der Waals surface area (Å²) in [6.45, 7) is 4.21. The summed E-state index contributed by atoms with van der Waals surface area (Å²) in [5.41, 5.74) is -0.291. The molecule has 23 heavy (non-hydrogen) atoms. The number of rotatable bonds is 7. The van der Waals surface area contributed by atoms with Crippen LogP contribution < -0.4 is 15.4 Å². The normalized spacial score (nSPS) is 15.0. The molecule has 0 aliphatic rings. The lowest BCUT2D eigenvalue weighted by atomic mass is 9.89. The maximum atomic E-state index is 12.4. The van der Waals surface area contributed by atoms with Gasteiger partial charge in [0, 0.05) is 6.54 Å². The van der Waals surface area contributed by atoms with Gasteiger partial charge in [0.2, 0.25) is 0 Å². The van der Waals surface area contributed by atoms with Gasteiger partial charge in [0.25, 0.3) is 0 Å². The molecule has 1 aromatic rings. The molecule has 0 bridgehead atoms. The second-order valence-corrected chi connectivity index (χ2v) is 5.80. The van der Waals surface area contributed by atoms with E-state index in [9.17, 15) is 18.7 Å². The Bertz CT molecular complexity index is 536. The van der Waals surface area contributed by atoms with Gasteiger partial charge in [-0.1, -0.05) is 32.4 Å². The van der Waals surface area contributed by atoms with E-state index >= 15 is 0 Å². The number of para-hydroxylation sites is 1. The molecule has 0 saturated carbocycles. The van der Waals surface area contributed by atoms with Crippen molar-refractivity contribution >= 4 is 11.7 Å².